The average molecular weight is 348 g/mol. The van der Waals surface area contributed by atoms with E-state index in [2.05, 4.69) is 25.3 Å². The van der Waals surface area contributed by atoms with E-state index >= 15 is 0 Å². The molecule has 1 amide bonds. The average Bonchev–Trinajstić information content (AvgIpc) is 3.35. The van der Waals surface area contributed by atoms with E-state index in [4.69, 9.17) is 0 Å². The molecule has 0 aromatic carbocycles. The van der Waals surface area contributed by atoms with Gasteiger partial charge in [0.15, 0.2) is 5.82 Å². The number of anilines is 2. The van der Waals surface area contributed by atoms with Gasteiger partial charge in [0.1, 0.15) is 5.82 Å². The molecule has 0 saturated carbocycles. The first-order chi connectivity index (χ1) is 12.8. The lowest BCUT2D eigenvalue weighted by Crippen LogP contribution is -2.19. The highest BCUT2D eigenvalue weighted by Crippen LogP contribution is 2.18. The summed E-state index contributed by atoms with van der Waals surface area (Å²) in [5.74, 6) is 1.24. The van der Waals surface area contributed by atoms with Crippen molar-refractivity contribution in [3.63, 3.8) is 0 Å². The second-order valence-corrected chi connectivity index (χ2v) is 6.31. The maximum Gasteiger partial charge on any atom is 0.258 e. The van der Waals surface area contributed by atoms with E-state index in [0.717, 1.165) is 24.5 Å². The van der Waals surface area contributed by atoms with Crippen LogP contribution in [0.1, 0.15) is 28.8 Å². The van der Waals surface area contributed by atoms with E-state index in [-0.39, 0.29) is 5.91 Å². The fourth-order valence-electron chi connectivity index (χ4n) is 3.04. The number of pyridine rings is 2. The predicted molar refractivity (Wildman–Crippen MR) is 99.2 cm³/mol. The Bertz CT molecular complexity index is 869. The van der Waals surface area contributed by atoms with Crippen molar-refractivity contribution in [3.8, 4) is 0 Å². The zero-order chi connectivity index (χ0) is 17.8. The van der Waals surface area contributed by atoms with Gasteiger partial charge in [-0.25, -0.2) is 4.98 Å². The van der Waals surface area contributed by atoms with E-state index in [1.165, 1.54) is 12.8 Å². The molecule has 3 aromatic heterocycles. The highest BCUT2D eigenvalue weighted by atomic mass is 16.1. The number of carbonyl (C=O) groups excluding carboxylic acids is 1. The molecule has 26 heavy (non-hydrogen) atoms. The molecule has 1 N–H and O–H groups in total. The molecule has 7 heteroatoms. The molecule has 0 aliphatic carbocycles. The molecule has 0 unspecified atom stereocenters. The lowest BCUT2D eigenvalue weighted by atomic mass is 10.2. The van der Waals surface area contributed by atoms with Crippen molar-refractivity contribution in [3.05, 3.63) is 66.2 Å². The predicted octanol–water partition coefficient (Wildman–Crippen LogP) is 2.57. The van der Waals surface area contributed by atoms with Gasteiger partial charge in [0.05, 0.1) is 12.1 Å². The zero-order valence-electron chi connectivity index (χ0n) is 14.4. The van der Waals surface area contributed by atoms with Crippen LogP contribution >= 0.6 is 0 Å². The monoisotopic (exact) mass is 348 g/mol. The van der Waals surface area contributed by atoms with Crippen LogP contribution in [0.25, 0.3) is 0 Å². The summed E-state index contributed by atoms with van der Waals surface area (Å²) in [5, 5.41) is 7.19. The molecular formula is C19H20N6O. The fourth-order valence-corrected chi connectivity index (χ4v) is 3.04. The SMILES string of the molecule is O=C(Nc1ccn(Cc2cccnc2)n1)c1ccc(N2CCCC2)nc1. The molecule has 1 fully saturated rings. The van der Waals surface area contributed by atoms with Crippen LogP contribution in [-0.2, 0) is 6.54 Å². The lowest BCUT2D eigenvalue weighted by molar-refractivity contribution is 0.102. The van der Waals surface area contributed by atoms with Crippen molar-refractivity contribution in [2.75, 3.05) is 23.3 Å². The van der Waals surface area contributed by atoms with Crippen LogP contribution in [0.5, 0.6) is 0 Å². The lowest BCUT2D eigenvalue weighted by Gasteiger charge is -2.16. The van der Waals surface area contributed by atoms with E-state index in [9.17, 15) is 4.79 Å². The maximum atomic E-state index is 12.4. The van der Waals surface area contributed by atoms with Gasteiger partial charge >= 0.3 is 0 Å². The molecule has 132 valence electrons. The third-order valence-corrected chi connectivity index (χ3v) is 4.39. The Kier molecular flexibility index (Phi) is 4.59. The summed E-state index contributed by atoms with van der Waals surface area (Å²) in [5.41, 5.74) is 1.57. The minimum atomic E-state index is -0.211. The largest absolute Gasteiger partial charge is 0.357 e. The van der Waals surface area contributed by atoms with Crippen LogP contribution in [0.2, 0.25) is 0 Å². The highest BCUT2D eigenvalue weighted by Gasteiger charge is 2.14. The molecule has 0 bridgehead atoms. The van der Waals surface area contributed by atoms with Gasteiger partial charge < -0.3 is 10.2 Å². The van der Waals surface area contributed by atoms with Gasteiger partial charge in [0.2, 0.25) is 0 Å². The molecule has 3 aromatic rings. The first-order valence-electron chi connectivity index (χ1n) is 8.73. The number of amides is 1. The quantitative estimate of drug-likeness (QED) is 0.767. The second kappa shape index (κ2) is 7.35. The van der Waals surface area contributed by atoms with Gasteiger partial charge in [-0.1, -0.05) is 6.07 Å². The Morgan fingerprint density at radius 2 is 2.00 bits per heavy atom. The fraction of sp³-hybridized carbons (Fsp3) is 0.263. The number of hydrogen-bond donors (Lipinski definition) is 1. The van der Waals surface area contributed by atoms with Gasteiger partial charge in [0.25, 0.3) is 5.91 Å². The van der Waals surface area contributed by atoms with Crippen LogP contribution in [0.3, 0.4) is 0 Å². The highest BCUT2D eigenvalue weighted by molar-refractivity contribution is 6.03. The number of nitrogens with one attached hydrogen (secondary N) is 1. The molecule has 1 saturated heterocycles. The minimum absolute atomic E-state index is 0.211. The smallest absolute Gasteiger partial charge is 0.258 e. The van der Waals surface area contributed by atoms with Crippen LogP contribution in [0.4, 0.5) is 11.6 Å². The van der Waals surface area contributed by atoms with E-state index in [1.54, 1.807) is 29.3 Å². The number of hydrogen-bond acceptors (Lipinski definition) is 5. The first-order valence-corrected chi connectivity index (χ1v) is 8.73. The number of aromatic nitrogens is 4. The summed E-state index contributed by atoms with van der Waals surface area (Å²) in [6.45, 7) is 2.68. The van der Waals surface area contributed by atoms with Gasteiger partial charge in [-0.05, 0) is 36.6 Å². The molecule has 0 atom stereocenters. The van der Waals surface area contributed by atoms with Crippen LogP contribution in [-0.4, -0.2) is 38.7 Å². The van der Waals surface area contributed by atoms with Crippen molar-refractivity contribution in [1.82, 2.24) is 19.7 Å². The number of rotatable bonds is 5. The molecule has 0 spiro atoms. The van der Waals surface area contributed by atoms with Gasteiger partial charge in [-0.15, -0.1) is 0 Å². The molecule has 0 radical (unpaired) electrons. The van der Waals surface area contributed by atoms with E-state index < -0.39 is 0 Å². The number of nitrogens with zero attached hydrogens (tertiary/aromatic N) is 5. The van der Waals surface area contributed by atoms with E-state index in [0.29, 0.717) is 17.9 Å². The topological polar surface area (TPSA) is 75.9 Å². The van der Waals surface area contributed by atoms with Gasteiger partial charge in [0, 0.05) is 43.9 Å². The Morgan fingerprint density at radius 1 is 1.12 bits per heavy atom. The van der Waals surface area contributed by atoms with Gasteiger partial charge in [-0.3, -0.25) is 14.5 Å². The maximum absolute atomic E-state index is 12.4. The second-order valence-electron chi connectivity index (χ2n) is 6.31. The minimum Gasteiger partial charge on any atom is -0.357 e. The molecule has 4 rings (SSSR count). The first kappa shape index (κ1) is 16.3. The number of carbonyl (C=O) groups is 1. The summed E-state index contributed by atoms with van der Waals surface area (Å²) in [4.78, 5) is 23.1. The molecular weight excluding hydrogens is 328 g/mol. The molecule has 1 aliphatic heterocycles. The van der Waals surface area contributed by atoms with Crippen LogP contribution < -0.4 is 10.2 Å². The van der Waals surface area contributed by atoms with Crippen molar-refractivity contribution in [2.45, 2.75) is 19.4 Å². The standard InChI is InChI=1S/C19H20N6O/c26-19(16-5-6-18(21-13-16)24-9-1-2-10-24)22-17-7-11-25(23-17)14-15-4-3-8-20-12-15/h3-8,11-13H,1-2,9-10,14H2,(H,22,23,26). The third-order valence-electron chi connectivity index (χ3n) is 4.39. The third kappa shape index (κ3) is 3.72. The Hall–Kier alpha value is -3.22. The van der Waals surface area contributed by atoms with Crippen molar-refractivity contribution in [1.29, 1.82) is 0 Å². The zero-order valence-corrected chi connectivity index (χ0v) is 14.4. The van der Waals surface area contributed by atoms with Gasteiger partial charge in [-0.2, -0.15) is 5.10 Å². The summed E-state index contributed by atoms with van der Waals surface area (Å²) in [6.07, 6.45) is 9.39. The molecule has 1 aliphatic rings. The molecule has 4 heterocycles. The Labute approximate surface area is 151 Å². The molecule has 7 nitrogen and oxygen atoms in total. The Morgan fingerprint density at radius 3 is 2.73 bits per heavy atom. The van der Waals surface area contributed by atoms with Crippen molar-refractivity contribution < 1.29 is 4.79 Å². The van der Waals surface area contributed by atoms with Crippen LogP contribution in [0.15, 0.2) is 55.1 Å². The summed E-state index contributed by atoms with van der Waals surface area (Å²) >= 11 is 0. The van der Waals surface area contributed by atoms with Crippen LogP contribution in [0, 0.1) is 0 Å². The Balaban J connectivity index is 1.38. The van der Waals surface area contributed by atoms with E-state index in [1.807, 2.05) is 30.5 Å². The summed E-state index contributed by atoms with van der Waals surface area (Å²) < 4.78 is 1.77. The van der Waals surface area contributed by atoms with Crippen molar-refractivity contribution >= 4 is 17.5 Å². The summed E-state index contributed by atoms with van der Waals surface area (Å²) in [6, 6.07) is 9.37. The summed E-state index contributed by atoms with van der Waals surface area (Å²) in [7, 11) is 0. The van der Waals surface area contributed by atoms with Crippen molar-refractivity contribution in [2.24, 2.45) is 0 Å². The normalized spacial score (nSPS) is 13.8.